The molecule has 11 heteroatoms. The predicted octanol–water partition coefficient (Wildman–Crippen LogP) is 2.62. The number of anilines is 1. The van der Waals surface area contributed by atoms with E-state index in [0.29, 0.717) is 18.9 Å². The van der Waals surface area contributed by atoms with Crippen molar-refractivity contribution in [2.75, 3.05) is 31.1 Å². The standard InChI is InChI=1S/C16H15BrF3N7/c17-12-2-1-11(9-21-12)10-25-5-7-26(8-6-25)14-4-3-13-22-23-15(16(18,19)20)27(13)24-14/h1-4,9H,5-8,10H2. The highest BCUT2D eigenvalue weighted by molar-refractivity contribution is 9.10. The number of hydrogen-bond acceptors (Lipinski definition) is 6. The Morgan fingerprint density at radius 1 is 1.00 bits per heavy atom. The maximum atomic E-state index is 13.0. The SMILES string of the molecule is FC(F)(F)c1nnc2ccc(N3CCN(Cc4ccc(Br)nc4)CC3)nn12. The van der Waals surface area contributed by atoms with Crippen molar-refractivity contribution in [2.45, 2.75) is 12.7 Å². The molecule has 0 unspecified atom stereocenters. The third kappa shape index (κ3) is 3.88. The van der Waals surface area contributed by atoms with Crippen LogP contribution in [0.25, 0.3) is 5.65 Å². The number of pyridine rings is 1. The van der Waals surface area contributed by atoms with Gasteiger partial charge in [-0.1, -0.05) is 6.07 Å². The Morgan fingerprint density at radius 3 is 2.44 bits per heavy atom. The van der Waals surface area contributed by atoms with Crippen LogP contribution in [0.3, 0.4) is 0 Å². The quantitative estimate of drug-likeness (QED) is 0.582. The van der Waals surface area contributed by atoms with E-state index in [2.05, 4.69) is 41.1 Å². The van der Waals surface area contributed by atoms with Crippen LogP contribution < -0.4 is 4.90 Å². The Balaban J connectivity index is 1.45. The second-order valence-corrected chi connectivity index (χ2v) is 7.05. The number of alkyl halides is 3. The Hall–Kier alpha value is -2.27. The molecule has 0 aromatic carbocycles. The molecule has 3 aromatic heterocycles. The van der Waals surface area contributed by atoms with Gasteiger partial charge in [-0.05, 0) is 39.7 Å². The molecular weight excluding hydrogens is 427 g/mol. The zero-order valence-corrected chi connectivity index (χ0v) is 15.7. The molecule has 1 aliphatic heterocycles. The molecule has 4 rings (SSSR count). The number of halogens is 4. The molecular formula is C16H15BrF3N7. The van der Waals surface area contributed by atoms with Gasteiger partial charge in [-0.25, -0.2) is 4.98 Å². The van der Waals surface area contributed by atoms with Crippen LogP contribution in [0.15, 0.2) is 35.1 Å². The van der Waals surface area contributed by atoms with Gasteiger partial charge in [0, 0.05) is 38.9 Å². The largest absolute Gasteiger partial charge is 0.453 e. The van der Waals surface area contributed by atoms with Crippen molar-refractivity contribution in [1.82, 2.24) is 29.7 Å². The lowest BCUT2D eigenvalue weighted by Crippen LogP contribution is -2.46. The summed E-state index contributed by atoms with van der Waals surface area (Å²) in [5.41, 5.74) is 1.19. The van der Waals surface area contributed by atoms with Crippen molar-refractivity contribution in [3.05, 3.63) is 46.5 Å². The molecule has 142 valence electrons. The minimum absolute atomic E-state index is 0.0763. The fourth-order valence-electron chi connectivity index (χ4n) is 3.02. The Kier molecular flexibility index (Phi) is 4.72. The zero-order chi connectivity index (χ0) is 19.0. The summed E-state index contributed by atoms with van der Waals surface area (Å²) in [4.78, 5) is 8.47. The maximum absolute atomic E-state index is 13.0. The fraction of sp³-hybridized carbons (Fsp3) is 0.375. The first kappa shape index (κ1) is 18.1. The first-order valence-corrected chi connectivity index (χ1v) is 9.07. The minimum Gasteiger partial charge on any atom is -0.353 e. The lowest BCUT2D eigenvalue weighted by molar-refractivity contribution is -0.146. The van der Waals surface area contributed by atoms with E-state index in [4.69, 9.17) is 0 Å². The highest BCUT2D eigenvalue weighted by atomic mass is 79.9. The third-order valence-corrected chi connectivity index (χ3v) is 4.86. The summed E-state index contributed by atoms with van der Waals surface area (Å²) < 4.78 is 40.6. The van der Waals surface area contributed by atoms with E-state index in [1.807, 2.05) is 23.2 Å². The predicted molar refractivity (Wildman–Crippen MR) is 95.2 cm³/mol. The van der Waals surface area contributed by atoms with Crippen molar-refractivity contribution < 1.29 is 13.2 Å². The van der Waals surface area contributed by atoms with Gasteiger partial charge in [-0.3, -0.25) is 4.90 Å². The summed E-state index contributed by atoms with van der Waals surface area (Å²) in [6, 6.07) is 7.11. The summed E-state index contributed by atoms with van der Waals surface area (Å²) in [6.45, 7) is 3.69. The molecule has 1 fully saturated rings. The van der Waals surface area contributed by atoms with Gasteiger partial charge in [-0.15, -0.1) is 15.3 Å². The van der Waals surface area contributed by atoms with E-state index in [0.717, 1.165) is 34.3 Å². The topological polar surface area (TPSA) is 62.5 Å². The van der Waals surface area contributed by atoms with Crippen molar-refractivity contribution in [1.29, 1.82) is 0 Å². The normalized spacial score (nSPS) is 16.2. The van der Waals surface area contributed by atoms with Gasteiger partial charge in [0.2, 0.25) is 0 Å². The average molecular weight is 442 g/mol. The highest BCUT2D eigenvalue weighted by Gasteiger charge is 2.37. The van der Waals surface area contributed by atoms with Gasteiger partial charge in [0.25, 0.3) is 5.82 Å². The molecule has 4 heterocycles. The van der Waals surface area contributed by atoms with Crippen LogP contribution >= 0.6 is 15.9 Å². The second-order valence-electron chi connectivity index (χ2n) is 6.24. The van der Waals surface area contributed by atoms with Gasteiger partial charge in [0.05, 0.1) is 0 Å². The van der Waals surface area contributed by atoms with Gasteiger partial charge in [0.15, 0.2) is 5.65 Å². The molecule has 0 bridgehead atoms. The van der Waals surface area contributed by atoms with E-state index in [-0.39, 0.29) is 5.65 Å². The summed E-state index contributed by atoms with van der Waals surface area (Å²) in [6.07, 6.45) is -2.76. The molecule has 27 heavy (non-hydrogen) atoms. The van der Waals surface area contributed by atoms with Crippen LogP contribution in [0.4, 0.5) is 19.0 Å². The smallest absolute Gasteiger partial charge is 0.353 e. The van der Waals surface area contributed by atoms with Crippen molar-refractivity contribution >= 4 is 27.4 Å². The molecule has 7 nitrogen and oxygen atoms in total. The van der Waals surface area contributed by atoms with Gasteiger partial charge in [0.1, 0.15) is 10.4 Å². The molecule has 0 N–H and O–H groups in total. The minimum atomic E-state index is -4.59. The maximum Gasteiger partial charge on any atom is 0.453 e. The molecule has 0 atom stereocenters. The van der Waals surface area contributed by atoms with E-state index >= 15 is 0 Å². The summed E-state index contributed by atoms with van der Waals surface area (Å²) in [5, 5.41) is 10.8. The van der Waals surface area contributed by atoms with Crippen LogP contribution in [0.5, 0.6) is 0 Å². The zero-order valence-electron chi connectivity index (χ0n) is 14.1. The summed E-state index contributed by atoms with van der Waals surface area (Å²) in [5.74, 6) is -0.626. The first-order valence-electron chi connectivity index (χ1n) is 8.27. The molecule has 0 amide bonds. The van der Waals surface area contributed by atoms with Crippen LogP contribution in [0, 0.1) is 0 Å². The van der Waals surface area contributed by atoms with Crippen LogP contribution in [-0.4, -0.2) is 55.9 Å². The molecule has 0 radical (unpaired) electrons. The first-order chi connectivity index (χ1) is 12.9. The molecule has 1 aliphatic rings. The lowest BCUT2D eigenvalue weighted by atomic mass is 10.2. The number of fused-ring (bicyclic) bond motifs is 1. The number of aromatic nitrogens is 5. The Morgan fingerprint density at radius 2 is 1.78 bits per heavy atom. The number of piperazine rings is 1. The summed E-state index contributed by atoms with van der Waals surface area (Å²) in [7, 11) is 0. The van der Waals surface area contributed by atoms with Crippen LogP contribution in [0.2, 0.25) is 0 Å². The molecule has 0 spiro atoms. The van der Waals surface area contributed by atoms with Gasteiger partial charge in [-0.2, -0.15) is 17.7 Å². The molecule has 0 saturated carbocycles. The molecule has 0 aliphatic carbocycles. The monoisotopic (exact) mass is 441 g/mol. The van der Waals surface area contributed by atoms with E-state index in [1.54, 1.807) is 6.07 Å². The van der Waals surface area contributed by atoms with Gasteiger partial charge >= 0.3 is 6.18 Å². The third-order valence-electron chi connectivity index (χ3n) is 4.39. The van der Waals surface area contributed by atoms with E-state index in [1.165, 1.54) is 6.07 Å². The molecule has 3 aromatic rings. The Bertz CT molecular complexity index is 933. The van der Waals surface area contributed by atoms with Crippen molar-refractivity contribution in [3.63, 3.8) is 0 Å². The van der Waals surface area contributed by atoms with E-state index in [9.17, 15) is 13.2 Å². The fourth-order valence-corrected chi connectivity index (χ4v) is 3.25. The number of nitrogens with zero attached hydrogens (tertiary/aromatic N) is 7. The average Bonchev–Trinajstić information content (AvgIpc) is 3.08. The second kappa shape index (κ2) is 7.04. The van der Waals surface area contributed by atoms with Crippen molar-refractivity contribution in [2.24, 2.45) is 0 Å². The van der Waals surface area contributed by atoms with Gasteiger partial charge < -0.3 is 4.90 Å². The number of rotatable bonds is 3. The van der Waals surface area contributed by atoms with Crippen molar-refractivity contribution in [3.8, 4) is 0 Å². The van der Waals surface area contributed by atoms with E-state index < -0.39 is 12.0 Å². The van der Waals surface area contributed by atoms with Crippen LogP contribution in [0.1, 0.15) is 11.4 Å². The van der Waals surface area contributed by atoms with Crippen LogP contribution in [-0.2, 0) is 12.7 Å². The Labute approximate surface area is 160 Å². The lowest BCUT2D eigenvalue weighted by Gasteiger charge is -2.35. The highest BCUT2D eigenvalue weighted by Crippen LogP contribution is 2.28. The summed E-state index contributed by atoms with van der Waals surface area (Å²) >= 11 is 3.32. The number of hydrogen-bond donors (Lipinski definition) is 0. The molecule has 1 saturated heterocycles.